The fraction of sp³-hybridized carbons (Fsp3) is 1.00. The van der Waals surface area contributed by atoms with Gasteiger partial charge in [-0.05, 0) is 0 Å². The van der Waals surface area contributed by atoms with Crippen LogP contribution in [-0.2, 0) is 25.8 Å². The van der Waals surface area contributed by atoms with E-state index in [2.05, 4.69) is 13.8 Å². The summed E-state index contributed by atoms with van der Waals surface area (Å²) in [5.74, 6) is 0. The Labute approximate surface area is 71.8 Å². The third-order valence-corrected chi connectivity index (χ3v) is 1.21. The monoisotopic (exact) mass is 280 g/mol. The molecular formula is C7H16Hf. The quantitative estimate of drug-likeness (QED) is 0.548. The molecule has 0 bridgehead atoms. The third-order valence-electron chi connectivity index (χ3n) is 1.21. The predicted molar refractivity (Wildman–Crippen MR) is 34.4 cm³/mol. The van der Waals surface area contributed by atoms with E-state index in [1.807, 2.05) is 0 Å². The van der Waals surface area contributed by atoms with Gasteiger partial charge in [-0.2, -0.15) is 0 Å². The van der Waals surface area contributed by atoms with Gasteiger partial charge in [0.2, 0.25) is 0 Å². The molecule has 0 nitrogen and oxygen atoms in total. The van der Waals surface area contributed by atoms with Crippen molar-refractivity contribution in [1.82, 2.24) is 0 Å². The molecule has 0 aromatic carbocycles. The molecule has 0 unspecified atom stereocenters. The van der Waals surface area contributed by atoms with Gasteiger partial charge in [0.05, 0.1) is 0 Å². The summed E-state index contributed by atoms with van der Waals surface area (Å²) in [5, 5.41) is 0. The van der Waals surface area contributed by atoms with Gasteiger partial charge in [-0.3, -0.25) is 0 Å². The van der Waals surface area contributed by atoms with Crippen LogP contribution in [0, 0.1) is 0 Å². The summed E-state index contributed by atoms with van der Waals surface area (Å²) in [6.45, 7) is 4.49. The maximum atomic E-state index is 2.25. The average Bonchev–Trinajstić information content (AvgIpc) is 1.69. The zero-order valence-corrected chi connectivity index (χ0v) is 9.63. The molecule has 0 aromatic heterocycles. The molecule has 0 aliphatic rings. The second-order valence-electron chi connectivity index (χ2n) is 2.06. The van der Waals surface area contributed by atoms with Crippen LogP contribution in [0.15, 0.2) is 0 Å². The van der Waals surface area contributed by atoms with Gasteiger partial charge in [0.15, 0.2) is 0 Å². The molecule has 0 rings (SSSR count). The van der Waals surface area contributed by atoms with E-state index in [1.54, 1.807) is 0 Å². The first-order valence-corrected chi connectivity index (χ1v) is 3.41. The molecule has 0 aliphatic heterocycles. The maximum Gasteiger partial charge on any atom is 0 e. The smallest absolute Gasteiger partial charge is 0 e. The molecule has 0 aromatic rings. The van der Waals surface area contributed by atoms with Gasteiger partial charge in [-0.1, -0.05) is 46.0 Å². The number of unbranched alkanes of at least 4 members (excludes halogenated alkanes) is 4. The fourth-order valence-electron chi connectivity index (χ4n) is 0.677. The van der Waals surface area contributed by atoms with Gasteiger partial charge in [0.25, 0.3) is 0 Å². The summed E-state index contributed by atoms with van der Waals surface area (Å²) in [6, 6.07) is 0. The summed E-state index contributed by atoms with van der Waals surface area (Å²) < 4.78 is 0. The van der Waals surface area contributed by atoms with E-state index in [4.69, 9.17) is 0 Å². The van der Waals surface area contributed by atoms with E-state index in [0.29, 0.717) is 0 Å². The van der Waals surface area contributed by atoms with Gasteiger partial charge in [-0.15, -0.1) is 0 Å². The molecule has 0 fully saturated rings. The summed E-state index contributed by atoms with van der Waals surface area (Å²) in [7, 11) is 0. The number of hydrogen-bond acceptors (Lipinski definition) is 0. The third kappa shape index (κ3) is 9.98. The molecule has 0 amide bonds. The van der Waals surface area contributed by atoms with Crippen LogP contribution < -0.4 is 0 Å². The van der Waals surface area contributed by atoms with E-state index in [9.17, 15) is 0 Å². The van der Waals surface area contributed by atoms with Crippen LogP contribution in [0.1, 0.15) is 46.0 Å². The average molecular weight is 279 g/mol. The molecule has 0 spiro atoms. The van der Waals surface area contributed by atoms with Crippen LogP contribution in [0.2, 0.25) is 0 Å². The van der Waals surface area contributed by atoms with Gasteiger partial charge in [-0.25, -0.2) is 0 Å². The molecule has 8 heavy (non-hydrogen) atoms. The van der Waals surface area contributed by atoms with E-state index in [0.717, 1.165) is 0 Å². The first-order valence-electron chi connectivity index (χ1n) is 3.41. The molecule has 0 atom stereocenters. The van der Waals surface area contributed by atoms with E-state index < -0.39 is 0 Å². The Morgan fingerprint density at radius 3 is 1.38 bits per heavy atom. The summed E-state index contributed by atoms with van der Waals surface area (Å²) in [5.41, 5.74) is 0. The Morgan fingerprint density at radius 2 is 1.12 bits per heavy atom. The van der Waals surface area contributed by atoms with Crippen molar-refractivity contribution in [2.75, 3.05) is 0 Å². The van der Waals surface area contributed by atoms with Gasteiger partial charge < -0.3 is 0 Å². The van der Waals surface area contributed by atoms with Crippen molar-refractivity contribution in [2.24, 2.45) is 0 Å². The minimum atomic E-state index is 0. The van der Waals surface area contributed by atoms with Gasteiger partial charge in [0, 0.05) is 25.8 Å². The van der Waals surface area contributed by atoms with Crippen molar-refractivity contribution in [3.63, 3.8) is 0 Å². The summed E-state index contributed by atoms with van der Waals surface area (Å²) >= 11 is 0. The van der Waals surface area contributed by atoms with Crippen molar-refractivity contribution in [2.45, 2.75) is 46.0 Å². The number of rotatable bonds is 4. The second kappa shape index (κ2) is 10.8. The molecule has 0 aliphatic carbocycles. The van der Waals surface area contributed by atoms with Crippen molar-refractivity contribution in [1.29, 1.82) is 0 Å². The van der Waals surface area contributed by atoms with Crippen molar-refractivity contribution in [3.05, 3.63) is 0 Å². The standard InChI is InChI=1S/C7H16.Hf/c1-3-5-7-6-4-2;/h3-7H2,1-2H3;. The van der Waals surface area contributed by atoms with Crippen molar-refractivity contribution in [3.8, 4) is 0 Å². The number of hydrogen-bond donors (Lipinski definition) is 0. The minimum Gasteiger partial charge on any atom is -0.0654 e. The molecular weight excluding hydrogens is 263 g/mol. The van der Waals surface area contributed by atoms with Crippen molar-refractivity contribution < 1.29 is 25.8 Å². The normalized spacial score (nSPS) is 8.25. The Kier molecular flexibility index (Phi) is 15.7. The van der Waals surface area contributed by atoms with Gasteiger partial charge >= 0.3 is 0 Å². The second-order valence-corrected chi connectivity index (χ2v) is 2.06. The minimum absolute atomic E-state index is 0. The maximum absolute atomic E-state index is 2.25. The SMILES string of the molecule is CCCCCCC.[Hf]. The van der Waals surface area contributed by atoms with Crippen LogP contribution in [0.4, 0.5) is 0 Å². The zero-order valence-electron chi connectivity index (χ0n) is 6.04. The largest absolute Gasteiger partial charge is 0.0654 e. The summed E-state index contributed by atoms with van der Waals surface area (Å²) in [6.07, 6.45) is 7.01. The van der Waals surface area contributed by atoms with Crippen molar-refractivity contribution >= 4 is 0 Å². The molecule has 0 radical (unpaired) electrons. The Morgan fingerprint density at radius 1 is 0.750 bits per heavy atom. The van der Waals surface area contributed by atoms with E-state index >= 15 is 0 Å². The molecule has 1 heteroatoms. The van der Waals surface area contributed by atoms with Gasteiger partial charge in [0.1, 0.15) is 0 Å². The fourth-order valence-corrected chi connectivity index (χ4v) is 0.677. The summed E-state index contributed by atoms with van der Waals surface area (Å²) in [4.78, 5) is 0. The van der Waals surface area contributed by atoms with Crippen LogP contribution in [-0.4, -0.2) is 0 Å². The Balaban J connectivity index is 0. The molecule has 0 saturated carbocycles. The van der Waals surface area contributed by atoms with Crippen LogP contribution in [0.5, 0.6) is 0 Å². The van der Waals surface area contributed by atoms with Crippen LogP contribution in [0.3, 0.4) is 0 Å². The first kappa shape index (κ1) is 11.6. The Bertz CT molecular complexity index is 23.6. The topological polar surface area (TPSA) is 0 Å². The molecule has 0 saturated heterocycles. The first-order chi connectivity index (χ1) is 3.41. The van der Waals surface area contributed by atoms with Crippen LogP contribution >= 0.6 is 0 Å². The predicted octanol–water partition coefficient (Wildman–Crippen LogP) is 2.97. The van der Waals surface area contributed by atoms with Crippen LogP contribution in [0.25, 0.3) is 0 Å². The molecule has 0 N–H and O–H groups in total. The van der Waals surface area contributed by atoms with E-state index in [-0.39, 0.29) is 25.8 Å². The molecule has 0 heterocycles. The molecule has 48 valence electrons. The Hall–Kier alpha value is 0.870. The van der Waals surface area contributed by atoms with E-state index in [1.165, 1.54) is 32.1 Å². The zero-order chi connectivity index (χ0) is 5.54.